The molecule has 0 amide bonds. The van der Waals surface area contributed by atoms with Gasteiger partial charge in [-0.25, -0.2) is 14.1 Å². The molecule has 0 aliphatic rings. The molecule has 3 N–H and O–H groups in total. The van der Waals surface area contributed by atoms with Crippen molar-refractivity contribution in [3.63, 3.8) is 0 Å². The van der Waals surface area contributed by atoms with Gasteiger partial charge in [-0.3, -0.25) is 11.3 Å². The highest BCUT2D eigenvalue weighted by Crippen LogP contribution is 2.23. The number of nitrogens with two attached hydrogens (primary N) is 1. The van der Waals surface area contributed by atoms with Gasteiger partial charge in [-0.15, -0.1) is 0 Å². The molecule has 5 nitrogen and oxygen atoms in total. The van der Waals surface area contributed by atoms with E-state index >= 15 is 0 Å². The zero-order chi connectivity index (χ0) is 14.7. The Labute approximate surface area is 125 Å². The second-order valence-corrected chi connectivity index (χ2v) is 5.72. The number of nitrogens with one attached hydrogen (secondary N) is 1. The number of benzene rings is 1. The quantitative estimate of drug-likeness (QED) is 0.647. The second-order valence-electron chi connectivity index (χ2n) is 4.80. The van der Waals surface area contributed by atoms with Crippen LogP contribution < -0.4 is 11.3 Å². The third-order valence-corrected chi connectivity index (χ3v) is 3.56. The molecule has 0 radical (unpaired) electrons. The Morgan fingerprint density at radius 2 is 2.20 bits per heavy atom. The molecule has 2 aromatic rings. The maximum absolute atomic E-state index is 14.0. The molecule has 0 fully saturated rings. The Kier molecular flexibility index (Phi) is 4.85. The topological polar surface area (TPSA) is 68.8 Å². The predicted molar refractivity (Wildman–Crippen MR) is 78.3 cm³/mol. The van der Waals surface area contributed by atoms with E-state index in [1.165, 1.54) is 12.4 Å². The van der Waals surface area contributed by atoms with Gasteiger partial charge in [0.05, 0.1) is 6.04 Å². The summed E-state index contributed by atoms with van der Waals surface area (Å²) < 4.78 is 16.5. The van der Waals surface area contributed by atoms with E-state index in [1.807, 2.05) is 13.8 Å². The van der Waals surface area contributed by atoms with Crippen molar-refractivity contribution >= 4 is 15.9 Å². The second kappa shape index (κ2) is 6.43. The molecule has 2 rings (SSSR count). The van der Waals surface area contributed by atoms with E-state index in [0.717, 1.165) is 5.82 Å². The van der Waals surface area contributed by atoms with Gasteiger partial charge in [0.2, 0.25) is 0 Å². The molecule has 0 spiro atoms. The zero-order valence-electron chi connectivity index (χ0n) is 11.3. The maximum atomic E-state index is 14.0. The molecule has 0 aliphatic carbocycles. The molecule has 20 heavy (non-hydrogen) atoms. The average Bonchev–Trinajstić information content (AvgIpc) is 2.85. The monoisotopic (exact) mass is 341 g/mol. The van der Waals surface area contributed by atoms with Crippen LogP contribution in [-0.4, -0.2) is 14.8 Å². The average molecular weight is 342 g/mol. The van der Waals surface area contributed by atoms with Crippen LogP contribution in [0.2, 0.25) is 0 Å². The number of rotatable bonds is 5. The van der Waals surface area contributed by atoms with Gasteiger partial charge in [-0.05, 0) is 26.0 Å². The number of aromatic nitrogens is 3. The smallest absolute Gasteiger partial charge is 0.138 e. The molecule has 1 aromatic carbocycles. The predicted octanol–water partition coefficient (Wildman–Crippen LogP) is 2.51. The largest absolute Gasteiger partial charge is 0.271 e. The lowest BCUT2D eigenvalue weighted by Crippen LogP contribution is -2.31. The molecule has 0 aliphatic heterocycles. The minimum Gasteiger partial charge on any atom is -0.271 e. The minimum absolute atomic E-state index is 0.195. The highest BCUT2D eigenvalue weighted by atomic mass is 79.9. The molecule has 1 unspecified atom stereocenters. The molecule has 0 bridgehead atoms. The molecular formula is C13H17BrFN5. The molecule has 108 valence electrons. The van der Waals surface area contributed by atoms with Crippen LogP contribution in [0.4, 0.5) is 4.39 Å². The standard InChI is InChI=1S/C13H17BrFN5/c1-8(2)20-13(17-7-18-20)6-12(19-16)10-4-3-9(14)5-11(10)15/h3-5,7-8,12,19H,6,16H2,1-2H3. The van der Waals surface area contributed by atoms with Crippen molar-refractivity contribution in [1.82, 2.24) is 20.2 Å². The first-order valence-corrected chi connectivity index (χ1v) is 7.11. The van der Waals surface area contributed by atoms with Gasteiger partial charge in [-0.2, -0.15) is 5.10 Å². The fraction of sp³-hybridized carbons (Fsp3) is 0.385. The van der Waals surface area contributed by atoms with Gasteiger partial charge in [0.15, 0.2) is 0 Å². The summed E-state index contributed by atoms with van der Waals surface area (Å²) in [6.45, 7) is 4.03. The molecule has 1 atom stereocenters. The fourth-order valence-electron chi connectivity index (χ4n) is 2.08. The Bertz CT molecular complexity index is 584. The first kappa shape index (κ1) is 15.1. The van der Waals surface area contributed by atoms with E-state index in [1.54, 1.807) is 16.8 Å². The molecule has 1 aromatic heterocycles. The highest BCUT2D eigenvalue weighted by molar-refractivity contribution is 9.10. The summed E-state index contributed by atoms with van der Waals surface area (Å²) >= 11 is 3.24. The normalized spacial score (nSPS) is 12.9. The first-order valence-electron chi connectivity index (χ1n) is 6.32. The first-order chi connectivity index (χ1) is 9.52. The summed E-state index contributed by atoms with van der Waals surface area (Å²) in [6, 6.07) is 4.76. The molecule has 1 heterocycles. The van der Waals surface area contributed by atoms with Crippen molar-refractivity contribution in [2.45, 2.75) is 32.4 Å². The Hall–Kier alpha value is -1.31. The van der Waals surface area contributed by atoms with E-state index in [4.69, 9.17) is 5.84 Å². The summed E-state index contributed by atoms with van der Waals surface area (Å²) in [7, 11) is 0. The SMILES string of the molecule is CC(C)n1ncnc1CC(NN)c1ccc(Br)cc1F. The van der Waals surface area contributed by atoms with Crippen LogP contribution in [0.5, 0.6) is 0 Å². The lowest BCUT2D eigenvalue weighted by molar-refractivity contribution is 0.457. The van der Waals surface area contributed by atoms with Crippen LogP contribution in [0.3, 0.4) is 0 Å². The molecule has 0 saturated heterocycles. The van der Waals surface area contributed by atoms with Crippen molar-refractivity contribution in [2.75, 3.05) is 0 Å². The third kappa shape index (κ3) is 3.23. The van der Waals surface area contributed by atoms with Gasteiger partial charge in [0.25, 0.3) is 0 Å². The van der Waals surface area contributed by atoms with Crippen LogP contribution in [0.25, 0.3) is 0 Å². The summed E-state index contributed by atoms with van der Waals surface area (Å²) in [5.41, 5.74) is 3.15. The number of hydrogen-bond acceptors (Lipinski definition) is 4. The van der Waals surface area contributed by atoms with Crippen molar-refractivity contribution in [1.29, 1.82) is 0 Å². The van der Waals surface area contributed by atoms with E-state index in [0.29, 0.717) is 16.5 Å². The maximum Gasteiger partial charge on any atom is 0.138 e. The van der Waals surface area contributed by atoms with Gasteiger partial charge in [-0.1, -0.05) is 22.0 Å². The molecular weight excluding hydrogens is 325 g/mol. The molecule has 0 saturated carbocycles. The summed E-state index contributed by atoms with van der Waals surface area (Å²) in [6.07, 6.45) is 1.97. The Balaban J connectivity index is 2.27. The zero-order valence-corrected chi connectivity index (χ0v) is 12.9. The number of halogens is 2. The minimum atomic E-state index is -0.357. The van der Waals surface area contributed by atoms with Gasteiger partial charge < -0.3 is 0 Å². The van der Waals surface area contributed by atoms with E-state index in [9.17, 15) is 4.39 Å². The fourth-order valence-corrected chi connectivity index (χ4v) is 2.41. The third-order valence-electron chi connectivity index (χ3n) is 3.06. The highest BCUT2D eigenvalue weighted by Gasteiger charge is 2.19. The number of hydrogen-bond donors (Lipinski definition) is 2. The summed E-state index contributed by atoms with van der Waals surface area (Å²) in [5.74, 6) is 6.03. The van der Waals surface area contributed by atoms with E-state index < -0.39 is 0 Å². The van der Waals surface area contributed by atoms with Crippen LogP contribution in [0, 0.1) is 5.82 Å². The van der Waals surface area contributed by atoms with Crippen LogP contribution >= 0.6 is 15.9 Å². The van der Waals surface area contributed by atoms with Crippen molar-refractivity contribution < 1.29 is 4.39 Å². The van der Waals surface area contributed by atoms with Crippen LogP contribution in [-0.2, 0) is 6.42 Å². The lowest BCUT2D eigenvalue weighted by Gasteiger charge is -2.18. The van der Waals surface area contributed by atoms with Gasteiger partial charge >= 0.3 is 0 Å². The van der Waals surface area contributed by atoms with Crippen LogP contribution in [0.15, 0.2) is 29.0 Å². The van der Waals surface area contributed by atoms with E-state index in [-0.39, 0.29) is 17.9 Å². The summed E-state index contributed by atoms with van der Waals surface area (Å²) in [5, 5.41) is 4.17. The van der Waals surface area contributed by atoms with Gasteiger partial charge in [0.1, 0.15) is 18.0 Å². The number of hydrazine groups is 1. The van der Waals surface area contributed by atoms with Gasteiger partial charge in [0, 0.05) is 22.5 Å². The lowest BCUT2D eigenvalue weighted by atomic mass is 10.0. The molecule has 7 heteroatoms. The Morgan fingerprint density at radius 1 is 1.45 bits per heavy atom. The Morgan fingerprint density at radius 3 is 2.80 bits per heavy atom. The van der Waals surface area contributed by atoms with Crippen molar-refractivity contribution in [3.05, 3.63) is 46.2 Å². The van der Waals surface area contributed by atoms with E-state index in [2.05, 4.69) is 31.4 Å². The van der Waals surface area contributed by atoms with Crippen LogP contribution in [0.1, 0.15) is 37.3 Å². The summed E-state index contributed by atoms with van der Waals surface area (Å²) in [4.78, 5) is 4.22. The van der Waals surface area contributed by atoms with Crippen molar-refractivity contribution in [2.24, 2.45) is 5.84 Å². The van der Waals surface area contributed by atoms with Crippen molar-refractivity contribution in [3.8, 4) is 0 Å². The number of nitrogens with zero attached hydrogens (tertiary/aromatic N) is 3.